The molecule has 3 heterocycles. The number of hydrogen-bond donors (Lipinski definition) is 1. The van der Waals surface area contributed by atoms with Crippen LogP contribution in [0.5, 0.6) is 0 Å². The summed E-state index contributed by atoms with van der Waals surface area (Å²) in [5, 5.41) is 15.3. The number of nitrogens with one attached hydrogen (secondary N) is 1. The van der Waals surface area contributed by atoms with Crippen LogP contribution >= 0.6 is 11.3 Å². The number of carbonyl (C=O) groups excluding carboxylic acids is 1. The maximum Gasteiger partial charge on any atom is 0.252 e. The van der Waals surface area contributed by atoms with Crippen LogP contribution < -0.4 is 5.32 Å². The average Bonchev–Trinajstić information content (AvgIpc) is 3.09. The number of fused-ring (bicyclic) bond motifs is 1. The predicted molar refractivity (Wildman–Crippen MR) is 79.2 cm³/mol. The van der Waals surface area contributed by atoms with Gasteiger partial charge in [-0.25, -0.2) is 0 Å². The van der Waals surface area contributed by atoms with Crippen molar-refractivity contribution in [2.45, 2.75) is 38.5 Å². The Kier molecular flexibility index (Phi) is 4.31. The van der Waals surface area contributed by atoms with Crippen LogP contribution in [0.25, 0.3) is 0 Å². The van der Waals surface area contributed by atoms with Crippen LogP contribution in [0.15, 0.2) is 16.8 Å². The number of methoxy groups -OCH3 is 1. The molecular weight excluding hydrogens is 288 g/mol. The number of hydrogen-bond acceptors (Lipinski definition) is 5. The van der Waals surface area contributed by atoms with Gasteiger partial charge in [0.05, 0.1) is 0 Å². The fourth-order valence-corrected chi connectivity index (χ4v) is 3.23. The predicted octanol–water partition coefficient (Wildman–Crippen LogP) is 1.62. The van der Waals surface area contributed by atoms with E-state index in [1.807, 2.05) is 16.8 Å². The molecule has 1 atom stereocenters. The molecule has 0 spiro atoms. The molecule has 0 radical (unpaired) electrons. The van der Waals surface area contributed by atoms with E-state index in [0.717, 1.165) is 43.0 Å². The third-order valence-electron chi connectivity index (χ3n) is 3.71. The number of rotatable bonds is 4. The van der Waals surface area contributed by atoms with Gasteiger partial charge in [0.2, 0.25) is 0 Å². The lowest BCUT2D eigenvalue weighted by atomic mass is 10.1. The summed E-state index contributed by atoms with van der Waals surface area (Å²) < 4.78 is 7.25. The minimum Gasteiger partial charge on any atom is -0.377 e. The molecule has 2 aromatic heterocycles. The van der Waals surface area contributed by atoms with Gasteiger partial charge in [0, 0.05) is 37.1 Å². The van der Waals surface area contributed by atoms with Crippen molar-refractivity contribution in [2.75, 3.05) is 7.11 Å². The standard InChI is InChI=1S/C14H18N4O2S/c1-20-8-13-17-16-12-3-2-11(4-6-18(12)13)15-14(19)10-5-7-21-9-10/h5,7,9,11H,2-4,6,8H2,1H3,(H,15,19). The van der Waals surface area contributed by atoms with Crippen molar-refractivity contribution < 1.29 is 9.53 Å². The quantitative estimate of drug-likeness (QED) is 0.932. The van der Waals surface area contributed by atoms with Gasteiger partial charge in [0.1, 0.15) is 12.4 Å². The highest BCUT2D eigenvalue weighted by Crippen LogP contribution is 2.16. The summed E-state index contributed by atoms with van der Waals surface area (Å²) >= 11 is 1.54. The van der Waals surface area contributed by atoms with Crippen LogP contribution in [-0.2, 0) is 24.3 Å². The van der Waals surface area contributed by atoms with Crippen LogP contribution in [0.1, 0.15) is 34.8 Å². The average molecular weight is 306 g/mol. The Hall–Kier alpha value is -1.73. The Balaban J connectivity index is 1.63. The molecule has 1 N–H and O–H groups in total. The summed E-state index contributed by atoms with van der Waals surface area (Å²) in [5.41, 5.74) is 0.740. The Morgan fingerprint density at radius 3 is 3.19 bits per heavy atom. The van der Waals surface area contributed by atoms with E-state index in [4.69, 9.17) is 4.74 Å². The molecule has 1 unspecified atom stereocenters. The van der Waals surface area contributed by atoms with Crippen LogP contribution in [0, 0.1) is 0 Å². The molecule has 1 aliphatic rings. The first-order valence-electron chi connectivity index (χ1n) is 7.01. The first kappa shape index (κ1) is 14.2. The number of nitrogens with zero attached hydrogens (tertiary/aromatic N) is 3. The maximum atomic E-state index is 12.1. The van der Waals surface area contributed by atoms with Crippen LogP contribution in [0.4, 0.5) is 0 Å². The number of aryl methyl sites for hydroxylation is 1. The van der Waals surface area contributed by atoms with Gasteiger partial charge >= 0.3 is 0 Å². The van der Waals surface area contributed by atoms with Crippen LogP contribution in [-0.4, -0.2) is 33.8 Å². The molecule has 0 fully saturated rings. The molecule has 7 heteroatoms. The van der Waals surface area contributed by atoms with Crippen molar-refractivity contribution in [3.8, 4) is 0 Å². The molecule has 21 heavy (non-hydrogen) atoms. The fourth-order valence-electron chi connectivity index (χ4n) is 2.59. The summed E-state index contributed by atoms with van der Waals surface area (Å²) in [4.78, 5) is 12.1. The number of aromatic nitrogens is 3. The lowest BCUT2D eigenvalue weighted by Crippen LogP contribution is -2.35. The summed E-state index contributed by atoms with van der Waals surface area (Å²) in [6, 6.07) is 2.03. The Bertz CT molecular complexity index is 609. The third-order valence-corrected chi connectivity index (χ3v) is 4.40. The zero-order chi connectivity index (χ0) is 14.7. The van der Waals surface area contributed by atoms with Gasteiger partial charge < -0.3 is 14.6 Å². The lowest BCUT2D eigenvalue weighted by molar-refractivity contribution is 0.0933. The zero-order valence-electron chi connectivity index (χ0n) is 11.9. The van der Waals surface area contributed by atoms with Gasteiger partial charge in [-0.2, -0.15) is 11.3 Å². The van der Waals surface area contributed by atoms with E-state index < -0.39 is 0 Å². The molecule has 0 aliphatic carbocycles. The number of ether oxygens (including phenoxy) is 1. The summed E-state index contributed by atoms with van der Waals surface area (Å²) in [5.74, 6) is 1.85. The van der Waals surface area contributed by atoms with Crippen molar-refractivity contribution in [3.05, 3.63) is 34.0 Å². The molecule has 112 valence electrons. The second-order valence-corrected chi connectivity index (χ2v) is 5.91. The first-order chi connectivity index (χ1) is 10.3. The summed E-state index contributed by atoms with van der Waals surface area (Å²) in [7, 11) is 1.65. The highest BCUT2D eigenvalue weighted by Gasteiger charge is 2.21. The van der Waals surface area contributed by atoms with Crippen molar-refractivity contribution in [3.63, 3.8) is 0 Å². The van der Waals surface area contributed by atoms with Crippen LogP contribution in [0.3, 0.4) is 0 Å². The molecule has 0 aromatic carbocycles. The minimum absolute atomic E-state index is 0.0102. The molecule has 0 saturated heterocycles. The van der Waals surface area contributed by atoms with Crippen molar-refractivity contribution in [1.82, 2.24) is 20.1 Å². The minimum atomic E-state index is 0.0102. The number of carbonyl (C=O) groups is 1. The van der Waals surface area contributed by atoms with E-state index in [9.17, 15) is 4.79 Å². The molecule has 6 nitrogen and oxygen atoms in total. The molecule has 0 saturated carbocycles. The van der Waals surface area contributed by atoms with Gasteiger partial charge in [-0.1, -0.05) is 0 Å². The number of amides is 1. The highest BCUT2D eigenvalue weighted by molar-refractivity contribution is 7.08. The van der Waals surface area contributed by atoms with Crippen molar-refractivity contribution >= 4 is 17.2 Å². The largest absolute Gasteiger partial charge is 0.377 e. The molecule has 1 amide bonds. The van der Waals surface area contributed by atoms with E-state index in [2.05, 4.69) is 20.1 Å². The molecule has 0 bridgehead atoms. The van der Waals surface area contributed by atoms with Gasteiger partial charge in [0.25, 0.3) is 5.91 Å². The van der Waals surface area contributed by atoms with E-state index in [-0.39, 0.29) is 11.9 Å². The monoisotopic (exact) mass is 306 g/mol. The smallest absolute Gasteiger partial charge is 0.252 e. The second kappa shape index (κ2) is 6.36. The Morgan fingerprint density at radius 1 is 1.52 bits per heavy atom. The molecule has 1 aliphatic heterocycles. The lowest BCUT2D eigenvalue weighted by Gasteiger charge is -2.15. The molecule has 3 rings (SSSR count). The van der Waals surface area contributed by atoms with E-state index in [1.54, 1.807) is 7.11 Å². The first-order valence-corrected chi connectivity index (χ1v) is 7.95. The fraction of sp³-hybridized carbons (Fsp3) is 0.500. The highest BCUT2D eigenvalue weighted by atomic mass is 32.1. The van der Waals surface area contributed by atoms with Crippen LogP contribution in [0.2, 0.25) is 0 Å². The van der Waals surface area contributed by atoms with Gasteiger partial charge in [0.15, 0.2) is 5.82 Å². The summed E-state index contributed by atoms with van der Waals surface area (Å²) in [6.45, 7) is 1.29. The molecular formula is C14H18N4O2S. The van der Waals surface area contributed by atoms with Crippen molar-refractivity contribution in [1.29, 1.82) is 0 Å². The second-order valence-electron chi connectivity index (χ2n) is 5.13. The van der Waals surface area contributed by atoms with Gasteiger partial charge in [-0.15, -0.1) is 10.2 Å². The third kappa shape index (κ3) is 3.14. The van der Waals surface area contributed by atoms with Crippen molar-refractivity contribution in [2.24, 2.45) is 0 Å². The van der Waals surface area contributed by atoms with Gasteiger partial charge in [-0.3, -0.25) is 4.79 Å². The Labute approximate surface area is 127 Å². The number of thiophene rings is 1. The molecule has 2 aromatic rings. The van der Waals surface area contributed by atoms with E-state index in [1.165, 1.54) is 11.3 Å². The Morgan fingerprint density at radius 2 is 2.43 bits per heavy atom. The topological polar surface area (TPSA) is 69.0 Å². The zero-order valence-corrected chi connectivity index (χ0v) is 12.7. The van der Waals surface area contributed by atoms with E-state index in [0.29, 0.717) is 6.61 Å². The van der Waals surface area contributed by atoms with Gasteiger partial charge in [-0.05, 0) is 24.3 Å². The van der Waals surface area contributed by atoms with E-state index >= 15 is 0 Å². The SMILES string of the molecule is COCc1nnc2n1CCC(NC(=O)c1ccsc1)CC2. The maximum absolute atomic E-state index is 12.1. The summed E-state index contributed by atoms with van der Waals surface area (Å²) in [6.07, 6.45) is 2.60. The normalized spacial score (nSPS) is 18.0.